The number of hydrogen-bond donors (Lipinski definition) is 4. The van der Waals surface area contributed by atoms with Gasteiger partial charge in [-0.1, -0.05) is 6.42 Å². The molecule has 0 rings (SSSR count). The Bertz CT molecular complexity index is 184. The standard InChI is InChI=1S/C10H22N2O4/c11-9(10(15)16)3-1-2-4-12(5-7-13)6-8-14/h9,13-14H,1-8,11H2,(H,15,16). The average molecular weight is 234 g/mol. The average Bonchev–Trinajstić information content (AvgIpc) is 2.24. The lowest BCUT2D eigenvalue weighted by Crippen LogP contribution is -2.32. The highest BCUT2D eigenvalue weighted by Crippen LogP contribution is 2.01. The highest BCUT2D eigenvalue weighted by Gasteiger charge is 2.10. The fraction of sp³-hybridized carbons (Fsp3) is 0.900. The third-order valence-corrected chi connectivity index (χ3v) is 2.39. The Kier molecular flexibility index (Phi) is 9.12. The van der Waals surface area contributed by atoms with Crippen LogP contribution in [0.15, 0.2) is 0 Å². The van der Waals surface area contributed by atoms with Crippen molar-refractivity contribution >= 4 is 5.97 Å². The largest absolute Gasteiger partial charge is 0.480 e. The number of aliphatic hydroxyl groups is 2. The second kappa shape index (κ2) is 9.53. The molecule has 96 valence electrons. The Morgan fingerprint density at radius 3 is 2.12 bits per heavy atom. The second-order valence-corrected chi connectivity index (χ2v) is 3.73. The number of carboxylic acid groups (broad SMARTS) is 1. The lowest BCUT2D eigenvalue weighted by atomic mass is 10.1. The molecule has 0 amide bonds. The van der Waals surface area contributed by atoms with E-state index in [1.807, 2.05) is 4.90 Å². The van der Waals surface area contributed by atoms with E-state index in [1.54, 1.807) is 0 Å². The van der Waals surface area contributed by atoms with Crippen LogP contribution in [0.4, 0.5) is 0 Å². The summed E-state index contributed by atoms with van der Waals surface area (Å²) in [6.45, 7) is 1.94. The first kappa shape index (κ1) is 15.3. The third kappa shape index (κ3) is 7.58. The van der Waals surface area contributed by atoms with Crippen LogP contribution in [0, 0.1) is 0 Å². The van der Waals surface area contributed by atoms with Gasteiger partial charge < -0.3 is 21.1 Å². The first-order chi connectivity index (χ1) is 7.61. The predicted octanol–water partition coefficient (Wildman–Crippen LogP) is -1.14. The van der Waals surface area contributed by atoms with E-state index in [9.17, 15) is 4.79 Å². The van der Waals surface area contributed by atoms with Crippen LogP contribution < -0.4 is 5.73 Å². The molecule has 0 bridgehead atoms. The zero-order valence-corrected chi connectivity index (χ0v) is 9.51. The summed E-state index contributed by atoms with van der Waals surface area (Å²) in [4.78, 5) is 12.4. The number of nitrogens with two attached hydrogens (primary N) is 1. The Hall–Kier alpha value is -0.690. The molecule has 6 nitrogen and oxygen atoms in total. The van der Waals surface area contributed by atoms with Gasteiger partial charge in [0.2, 0.25) is 0 Å². The molecule has 6 heteroatoms. The van der Waals surface area contributed by atoms with Gasteiger partial charge in [-0.15, -0.1) is 0 Å². The van der Waals surface area contributed by atoms with Gasteiger partial charge in [-0.25, -0.2) is 0 Å². The molecule has 0 aromatic carbocycles. The van der Waals surface area contributed by atoms with Crippen LogP contribution in [0.5, 0.6) is 0 Å². The van der Waals surface area contributed by atoms with Crippen molar-refractivity contribution in [3.05, 3.63) is 0 Å². The molecular formula is C10H22N2O4. The summed E-state index contributed by atoms with van der Waals surface area (Å²) in [5, 5.41) is 26.1. The summed E-state index contributed by atoms with van der Waals surface area (Å²) in [5.74, 6) is -0.970. The van der Waals surface area contributed by atoms with E-state index < -0.39 is 12.0 Å². The number of unbranched alkanes of at least 4 members (excludes halogenated alkanes) is 1. The summed E-state index contributed by atoms with van der Waals surface area (Å²) >= 11 is 0. The maximum atomic E-state index is 10.4. The fourth-order valence-corrected chi connectivity index (χ4v) is 1.44. The van der Waals surface area contributed by atoms with Crippen molar-refractivity contribution in [1.29, 1.82) is 0 Å². The fourth-order valence-electron chi connectivity index (χ4n) is 1.44. The summed E-state index contributed by atoms with van der Waals surface area (Å²) in [7, 11) is 0. The topological polar surface area (TPSA) is 107 Å². The predicted molar refractivity (Wildman–Crippen MR) is 60.1 cm³/mol. The van der Waals surface area contributed by atoms with Crippen LogP contribution in [-0.4, -0.2) is 65.1 Å². The van der Waals surface area contributed by atoms with Gasteiger partial charge in [0.05, 0.1) is 13.2 Å². The smallest absolute Gasteiger partial charge is 0.320 e. The number of hydrogen-bond acceptors (Lipinski definition) is 5. The Morgan fingerprint density at radius 1 is 1.12 bits per heavy atom. The summed E-state index contributed by atoms with van der Waals surface area (Å²) in [6, 6.07) is -0.788. The van der Waals surface area contributed by atoms with Crippen LogP contribution in [0.2, 0.25) is 0 Å². The normalized spacial score (nSPS) is 13.0. The van der Waals surface area contributed by atoms with E-state index in [0.717, 1.165) is 19.4 Å². The van der Waals surface area contributed by atoms with Gasteiger partial charge in [-0.3, -0.25) is 9.69 Å². The number of aliphatic carboxylic acids is 1. The highest BCUT2D eigenvalue weighted by atomic mass is 16.4. The van der Waals surface area contributed by atoms with Crippen LogP contribution in [-0.2, 0) is 4.79 Å². The van der Waals surface area contributed by atoms with Gasteiger partial charge in [-0.05, 0) is 19.4 Å². The van der Waals surface area contributed by atoms with Gasteiger partial charge in [-0.2, -0.15) is 0 Å². The van der Waals surface area contributed by atoms with Crippen molar-refractivity contribution in [3.8, 4) is 0 Å². The molecule has 0 saturated carbocycles. The number of carboxylic acids is 1. The maximum absolute atomic E-state index is 10.4. The zero-order chi connectivity index (χ0) is 12.4. The van der Waals surface area contributed by atoms with Crippen molar-refractivity contribution in [1.82, 2.24) is 4.90 Å². The molecule has 1 unspecified atom stereocenters. The number of aliphatic hydroxyl groups excluding tert-OH is 2. The molecule has 0 fully saturated rings. The Morgan fingerprint density at radius 2 is 1.69 bits per heavy atom. The molecular weight excluding hydrogens is 212 g/mol. The van der Waals surface area contributed by atoms with Crippen molar-refractivity contribution in [2.24, 2.45) is 5.73 Å². The third-order valence-electron chi connectivity index (χ3n) is 2.39. The SMILES string of the molecule is NC(CCCCN(CCO)CCO)C(=O)O. The van der Waals surface area contributed by atoms with Crippen molar-refractivity contribution < 1.29 is 20.1 Å². The molecule has 1 atom stereocenters. The second-order valence-electron chi connectivity index (χ2n) is 3.73. The molecule has 0 heterocycles. The van der Waals surface area contributed by atoms with Crippen LogP contribution in [0.25, 0.3) is 0 Å². The molecule has 0 aromatic heterocycles. The molecule has 0 aromatic rings. The number of rotatable bonds is 10. The lowest BCUT2D eigenvalue weighted by molar-refractivity contribution is -0.138. The van der Waals surface area contributed by atoms with Crippen molar-refractivity contribution in [2.45, 2.75) is 25.3 Å². The van der Waals surface area contributed by atoms with Crippen molar-refractivity contribution in [3.63, 3.8) is 0 Å². The number of carbonyl (C=O) groups is 1. The minimum atomic E-state index is -0.970. The zero-order valence-electron chi connectivity index (χ0n) is 9.51. The Balaban J connectivity index is 3.57. The van der Waals surface area contributed by atoms with Crippen LogP contribution in [0.1, 0.15) is 19.3 Å². The first-order valence-corrected chi connectivity index (χ1v) is 5.54. The lowest BCUT2D eigenvalue weighted by Gasteiger charge is -2.19. The summed E-state index contributed by atoms with van der Waals surface area (Å²) in [5.41, 5.74) is 5.36. The van der Waals surface area contributed by atoms with Crippen LogP contribution >= 0.6 is 0 Å². The molecule has 5 N–H and O–H groups in total. The summed E-state index contributed by atoms with van der Waals surface area (Å²) < 4.78 is 0. The summed E-state index contributed by atoms with van der Waals surface area (Å²) in [6.07, 6.45) is 2.02. The van der Waals surface area contributed by atoms with Gasteiger partial charge in [0.25, 0.3) is 0 Å². The molecule has 16 heavy (non-hydrogen) atoms. The molecule has 0 saturated heterocycles. The van der Waals surface area contributed by atoms with Crippen molar-refractivity contribution in [2.75, 3.05) is 32.8 Å². The van der Waals surface area contributed by atoms with Gasteiger partial charge in [0.15, 0.2) is 0 Å². The molecule has 0 spiro atoms. The van der Waals surface area contributed by atoms with E-state index in [0.29, 0.717) is 19.5 Å². The van der Waals surface area contributed by atoms with Crippen LogP contribution in [0.3, 0.4) is 0 Å². The highest BCUT2D eigenvalue weighted by molar-refractivity contribution is 5.72. The Labute approximate surface area is 95.7 Å². The first-order valence-electron chi connectivity index (χ1n) is 5.54. The minimum absolute atomic E-state index is 0.0641. The molecule has 0 aliphatic heterocycles. The maximum Gasteiger partial charge on any atom is 0.320 e. The van der Waals surface area contributed by atoms with Gasteiger partial charge in [0.1, 0.15) is 6.04 Å². The molecule has 0 aliphatic rings. The molecule has 0 aliphatic carbocycles. The monoisotopic (exact) mass is 234 g/mol. The van der Waals surface area contributed by atoms with E-state index in [4.69, 9.17) is 21.1 Å². The minimum Gasteiger partial charge on any atom is -0.480 e. The van der Waals surface area contributed by atoms with Gasteiger partial charge in [0, 0.05) is 13.1 Å². The van der Waals surface area contributed by atoms with E-state index >= 15 is 0 Å². The molecule has 0 radical (unpaired) electrons. The number of nitrogens with zero attached hydrogens (tertiary/aromatic N) is 1. The van der Waals surface area contributed by atoms with E-state index in [-0.39, 0.29) is 13.2 Å². The van der Waals surface area contributed by atoms with E-state index in [1.165, 1.54) is 0 Å². The quantitative estimate of drug-likeness (QED) is 0.356. The van der Waals surface area contributed by atoms with E-state index in [2.05, 4.69) is 0 Å². The van der Waals surface area contributed by atoms with Gasteiger partial charge >= 0.3 is 5.97 Å².